The van der Waals surface area contributed by atoms with Gasteiger partial charge >= 0.3 is 0 Å². The van der Waals surface area contributed by atoms with Gasteiger partial charge in [0.1, 0.15) is 0 Å². The highest BCUT2D eigenvalue weighted by Crippen LogP contribution is 2.37. The number of hydrogen-bond donors (Lipinski definition) is 0. The first-order chi connectivity index (χ1) is 4.02. The lowest BCUT2D eigenvalue weighted by Crippen LogP contribution is -2.05. The Hall–Kier alpha value is 0.0600. The normalized spacial score (nSPS) is 23.6. The van der Waals surface area contributed by atoms with Crippen LogP contribution in [0.2, 0.25) is 0 Å². The van der Waals surface area contributed by atoms with Crippen molar-refractivity contribution in [2.75, 3.05) is 0 Å². The van der Waals surface area contributed by atoms with Gasteiger partial charge in [0.2, 0.25) is 0 Å². The van der Waals surface area contributed by atoms with Gasteiger partial charge in [-0.15, -0.1) is 0 Å². The van der Waals surface area contributed by atoms with E-state index in [1.165, 1.54) is 0 Å². The van der Waals surface area contributed by atoms with Crippen molar-refractivity contribution >= 4 is 23.2 Å². The van der Waals surface area contributed by atoms with E-state index in [2.05, 4.69) is 0 Å². The summed E-state index contributed by atoms with van der Waals surface area (Å²) in [6, 6.07) is 0. The molecule has 0 fully saturated rings. The van der Waals surface area contributed by atoms with Crippen molar-refractivity contribution in [3.63, 3.8) is 0 Å². The maximum absolute atomic E-state index is 5.83. The summed E-state index contributed by atoms with van der Waals surface area (Å²) in [5.41, 5.74) is 2.14. The van der Waals surface area contributed by atoms with Crippen LogP contribution in [0, 0.1) is 0 Å². The first-order valence-electron chi connectivity index (χ1n) is 2.78. The summed E-state index contributed by atoms with van der Waals surface area (Å²) in [4.78, 5) is 0. The summed E-state index contributed by atoms with van der Waals surface area (Å²) in [5.74, 6) is 0. The highest BCUT2D eigenvalue weighted by Gasteiger charge is 2.26. The van der Waals surface area contributed by atoms with E-state index in [1.54, 1.807) is 0 Å². The van der Waals surface area contributed by atoms with Crippen molar-refractivity contribution in [2.45, 2.75) is 18.2 Å². The number of alkyl halides is 2. The molecule has 0 aromatic heterocycles. The van der Waals surface area contributed by atoms with Gasteiger partial charge in [-0.25, -0.2) is 0 Å². The van der Waals surface area contributed by atoms with Crippen LogP contribution in [0.15, 0.2) is 23.3 Å². The molecule has 0 amide bonds. The molecule has 0 saturated carbocycles. The van der Waals surface area contributed by atoms with Gasteiger partial charge in [-0.05, 0) is 25.5 Å². The van der Waals surface area contributed by atoms with Gasteiger partial charge in [-0.1, -0.05) is 34.9 Å². The molecule has 0 aromatic carbocycles. The van der Waals surface area contributed by atoms with Gasteiger partial charge in [-0.2, -0.15) is 0 Å². The molecule has 2 heteroatoms. The van der Waals surface area contributed by atoms with Gasteiger partial charge < -0.3 is 0 Å². The summed E-state index contributed by atoms with van der Waals surface area (Å²) >= 11 is 11.7. The molecule has 0 N–H and O–H groups in total. The summed E-state index contributed by atoms with van der Waals surface area (Å²) in [5, 5.41) is 0. The number of rotatable bonds is 0. The molecule has 50 valence electrons. The lowest BCUT2D eigenvalue weighted by Gasteiger charge is -2.09. The van der Waals surface area contributed by atoms with Crippen molar-refractivity contribution in [3.05, 3.63) is 23.3 Å². The topological polar surface area (TPSA) is 0 Å². The predicted octanol–water partition coefficient (Wildman–Crippen LogP) is 3.07. The minimum atomic E-state index is -0.732. The second-order valence-electron chi connectivity index (χ2n) is 2.34. The van der Waals surface area contributed by atoms with Crippen molar-refractivity contribution in [1.82, 2.24) is 0 Å². The predicted molar refractivity (Wildman–Crippen MR) is 42.0 cm³/mol. The Morgan fingerprint density at radius 2 is 1.89 bits per heavy atom. The molecule has 0 heterocycles. The Labute approximate surface area is 65.2 Å². The van der Waals surface area contributed by atoms with Crippen LogP contribution < -0.4 is 0 Å². The van der Waals surface area contributed by atoms with E-state index in [4.69, 9.17) is 23.2 Å². The average molecular weight is 163 g/mol. The molecule has 1 aliphatic rings. The van der Waals surface area contributed by atoms with Gasteiger partial charge in [-0.3, -0.25) is 0 Å². The molecule has 9 heavy (non-hydrogen) atoms. The molecule has 0 saturated heterocycles. The Morgan fingerprint density at radius 1 is 1.33 bits per heavy atom. The molecule has 1 rings (SSSR count). The monoisotopic (exact) mass is 162 g/mol. The number of allylic oxidation sites excluding steroid dienone is 4. The Kier molecular flexibility index (Phi) is 1.62. The van der Waals surface area contributed by atoms with Crippen LogP contribution in [0.5, 0.6) is 0 Å². The first-order valence-corrected chi connectivity index (χ1v) is 3.54. The zero-order valence-corrected chi connectivity index (χ0v) is 6.92. The molecular weight excluding hydrogens is 155 g/mol. The fourth-order valence-electron chi connectivity index (χ4n) is 0.879. The highest BCUT2D eigenvalue weighted by molar-refractivity contribution is 6.52. The number of hydrogen-bond acceptors (Lipinski definition) is 0. The van der Waals surface area contributed by atoms with Crippen molar-refractivity contribution in [2.24, 2.45) is 0 Å². The van der Waals surface area contributed by atoms with Crippen LogP contribution in [0.4, 0.5) is 0 Å². The quantitative estimate of drug-likeness (QED) is 0.481. The number of halogens is 2. The van der Waals surface area contributed by atoms with E-state index in [0.717, 1.165) is 11.1 Å². The Morgan fingerprint density at radius 3 is 2.00 bits per heavy atom. The molecule has 0 unspecified atom stereocenters. The second-order valence-corrected chi connectivity index (χ2v) is 3.72. The standard InChI is InChI=1S/C7H8Cl2/c1-5-3-6(2)7(8,9)4-5/h3-4H,1-2H3. The maximum Gasteiger partial charge on any atom is 0.157 e. The zero-order chi connectivity index (χ0) is 7.07. The summed E-state index contributed by atoms with van der Waals surface area (Å²) < 4.78 is -0.732. The maximum atomic E-state index is 5.83. The van der Waals surface area contributed by atoms with Gasteiger partial charge in [0.25, 0.3) is 0 Å². The van der Waals surface area contributed by atoms with Crippen LogP contribution in [0.25, 0.3) is 0 Å². The van der Waals surface area contributed by atoms with Crippen molar-refractivity contribution in [1.29, 1.82) is 0 Å². The molecule has 1 aliphatic carbocycles. The lowest BCUT2D eigenvalue weighted by atomic mass is 10.3. The molecule has 0 aliphatic heterocycles. The zero-order valence-electron chi connectivity index (χ0n) is 5.41. The minimum Gasteiger partial charge on any atom is -0.0919 e. The van der Waals surface area contributed by atoms with E-state index in [9.17, 15) is 0 Å². The van der Waals surface area contributed by atoms with Crippen LogP contribution in [0.3, 0.4) is 0 Å². The molecule has 0 aromatic rings. The van der Waals surface area contributed by atoms with E-state index in [0.29, 0.717) is 0 Å². The minimum absolute atomic E-state index is 0.732. The molecule has 0 spiro atoms. The fourth-order valence-corrected chi connectivity index (χ4v) is 1.33. The van der Waals surface area contributed by atoms with Gasteiger partial charge in [0.15, 0.2) is 4.33 Å². The highest BCUT2D eigenvalue weighted by atomic mass is 35.5. The smallest absolute Gasteiger partial charge is 0.0919 e. The second kappa shape index (κ2) is 2.03. The van der Waals surface area contributed by atoms with Crippen LogP contribution in [-0.2, 0) is 0 Å². The Bertz CT molecular complexity index is 187. The summed E-state index contributed by atoms with van der Waals surface area (Å²) in [6.07, 6.45) is 3.82. The SMILES string of the molecule is CC1=CC(Cl)(Cl)C(C)=C1. The van der Waals surface area contributed by atoms with Crippen LogP contribution in [0.1, 0.15) is 13.8 Å². The summed E-state index contributed by atoms with van der Waals surface area (Å²) in [7, 11) is 0. The molecule has 0 nitrogen and oxygen atoms in total. The van der Waals surface area contributed by atoms with E-state index in [1.807, 2.05) is 26.0 Å². The van der Waals surface area contributed by atoms with Crippen molar-refractivity contribution in [3.8, 4) is 0 Å². The average Bonchev–Trinajstić information content (AvgIpc) is 1.79. The molecule has 0 bridgehead atoms. The summed E-state index contributed by atoms with van der Waals surface area (Å²) in [6.45, 7) is 3.91. The van der Waals surface area contributed by atoms with Crippen LogP contribution >= 0.6 is 23.2 Å². The van der Waals surface area contributed by atoms with E-state index in [-0.39, 0.29) is 0 Å². The Balaban J connectivity index is 2.96. The first kappa shape index (κ1) is 7.17. The van der Waals surface area contributed by atoms with Gasteiger partial charge in [0.05, 0.1) is 0 Å². The molecule has 0 atom stereocenters. The van der Waals surface area contributed by atoms with E-state index >= 15 is 0 Å². The third kappa shape index (κ3) is 1.31. The largest absolute Gasteiger partial charge is 0.157 e. The lowest BCUT2D eigenvalue weighted by molar-refractivity contribution is 1.16. The third-order valence-corrected chi connectivity index (χ3v) is 2.19. The van der Waals surface area contributed by atoms with Crippen molar-refractivity contribution < 1.29 is 0 Å². The van der Waals surface area contributed by atoms with Crippen LogP contribution in [-0.4, -0.2) is 4.33 Å². The fraction of sp³-hybridized carbons (Fsp3) is 0.429. The van der Waals surface area contributed by atoms with Gasteiger partial charge in [0, 0.05) is 0 Å². The molecule has 0 radical (unpaired) electrons. The molecular formula is C7H8Cl2. The van der Waals surface area contributed by atoms with E-state index < -0.39 is 4.33 Å². The third-order valence-electron chi connectivity index (χ3n) is 1.38.